The number of alkyl halides is 1. The van der Waals surface area contributed by atoms with Crippen molar-refractivity contribution in [3.63, 3.8) is 0 Å². The molecule has 0 bridgehead atoms. The fourth-order valence-corrected chi connectivity index (χ4v) is 2.33. The minimum atomic E-state index is -0.687. The summed E-state index contributed by atoms with van der Waals surface area (Å²) in [5, 5.41) is 7.70. The van der Waals surface area contributed by atoms with Crippen molar-refractivity contribution in [1.29, 1.82) is 5.41 Å². The molecular weight excluding hydrogens is 275 g/mol. The molecule has 0 aliphatic rings. The highest BCUT2D eigenvalue weighted by atomic mass is 19.1. The number of nitrogens with zero attached hydrogens (tertiary/aromatic N) is 1. The summed E-state index contributed by atoms with van der Waals surface area (Å²) < 4.78 is 12.5. The smallest absolute Gasteiger partial charge is 0.0930 e. The van der Waals surface area contributed by atoms with Gasteiger partial charge in [-0.25, -0.2) is 0 Å². The van der Waals surface area contributed by atoms with Crippen LogP contribution in [-0.4, -0.2) is 24.1 Å². The van der Waals surface area contributed by atoms with Crippen molar-refractivity contribution in [2.45, 2.75) is 25.3 Å². The van der Waals surface area contributed by atoms with Crippen molar-refractivity contribution in [1.82, 2.24) is 0 Å². The molecular formula is C19H21FN2. The molecule has 2 rings (SSSR count). The van der Waals surface area contributed by atoms with Crippen molar-refractivity contribution in [2.75, 3.05) is 6.67 Å². The van der Waals surface area contributed by atoms with Gasteiger partial charge in [0.15, 0.2) is 0 Å². The molecule has 2 aromatic carbocycles. The van der Waals surface area contributed by atoms with E-state index in [0.29, 0.717) is 12.8 Å². The van der Waals surface area contributed by atoms with Crippen LogP contribution in [0.15, 0.2) is 65.7 Å². The van der Waals surface area contributed by atoms with E-state index < -0.39 is 5.54 Å². The molecule has 114 valence electrons. The lowest BCUT2D eigenvalue weighted by molar-refractivity contribution is 0.430. The third-order valence-electron chi connectivity index (χ3n) is 3.59. The van der Waals surface area contributed by atoms with Crippen molar-refractivity contribution in [2.24, 2.45) is 4.99 Å². The first-order valence-corrected chi connectivity index (χ1v) is 7.47. The van der Waals surface area contributed by atoms with Gasteiger partial charge in [0.05, 0.1) is 17.9 Å². The van der Waals surface area contributed by atoms with Crippen LogP contribution in [0.2, 0.25) is 0 Å². The predicted octanol–water partition coefficient (Wildman–Crippen LogP) is 4.68. The maximum Gasteiger partial charge on any atom is 0.0930 e. The van der Waals surface area contributed by atoms with Crippen LogP contribution in [0.4, 0.5) is 4.39 Å². The first kappa shape index (κ1) is 16.1. The molecule has 0 spiro atoms. The molecule has 0 heterocycles. The quantitative estimate of drug-likeness (QED) is 0.720. The van der Waals surface area contributed by atoms with Gasteiger partial charge in [0.25, 0.3) is 0 Å². The first-order chi connectivity index (χ1) is 10.7. The van der Waals surface area contributed by atoms with E-state index in [1.54, 1.807) is 0 Å². The van der Waals surface area contributed by atoms with Crippen LogP contribution in [0.1, 0.15) is 30.9 Å². The minimum absolute atomic E-state index is 0.384. The van der Waals surface area contributed by atoms with Gasteiger partial charge < -0.3 is 5.41 Å². The molecule has 1 atom stereocenters. The molecule has 0 aromatic heterocycles. The molecule has 22 heavy (non-hydrogen) atoms. The molecule has 1 unspecified atom stereocenters. The number of benzene rings is 2. The van der Waals surface area contributed by atoms with Gasteiger partial charge in [0.2, 0.25) is 0 Å². The van der Waals surface area contributed by atoms with Crippen LogP contribution >= 0.6 is 0 Å². The molecule has 0 radical (unpaired) electrons. The van der Waals surface area contributed by atoms with Gasteiger partial charge in [-0.1, -0.05) is 60.7 Å². The Bertz CT molecular complexity index is 581. The van der Waals surface area contributed by atoms with Crippen LogP contribution in [0.3, 0.4) is 0 Å². The van der Waals surface area contributed by atoms with Crippen molar-refractivity contribution in [3.8, 4) is 0 Å². The van der Waals surface area contributed by atoms with Crippen LogP contribution in [0.25, 0.3) is 0 Å². The van der Waals surface area contributed by atoms with Crippen LogP contribution < -0.4 is 0 Å². The Balaban J connectivity index is 2.48. The Morgan fingerprint density at radius 1 is 1.05 bits per heavy atom. The zero-order valence-corrected chi connectivity index (χ0v) is 12.8. The van der Waals surface area contributed by atoms with Crippen LogP contribution in [0.5, 0.6) is 0 Å². The Morgan fingerprint density at radius 2 is 1.55 bits per heavy atom. The Morgan fingerprint density at radius 3 is 1.95 bits per heavy atom. The highest BCUT2D eigenvalue weighted by Gasteiger charge is 2.21. The SMILES string of the molecule is CC(C=N)(CCCF)N=C(c1ccccc1)c1ccccc1. The predicted molar refractivity (Wildman–Crippen MR) is 90.9 cm³/mol. The van der Waals surface area contributed by atoms with E-state index in [0.717, 1.165) is 16.8 Å². The van der Waals surface area contributed by atoms with Crippen molar-refractivity contribution < 1.29 is 4.39 Å². The fourth-order valence-electron chi connectivity index (χ4n) is 2.33. The first-order valence-electron chi connectivity index (χ1n) is 7.47. The lowest BCUT2D eigenvalue weighted by Crippen LogP contribution is -2.26. The summed E-state index contributed by atoms with van der Waals surface area (Å²) in [5.41, 5.74) is 2.16. The summed E-state index contributed by atoms with van der Waals surface area (Å²) in [6.07, 6.45) is 2.25. The van der Waals surface area contributed by atoms with Crippen LogP contribution in [0, 0.1) is 5.41 Å². The molecule has 0 saturated heterocycles. The number of rotatable bonds is 7. The second-order valence-corrected chi connectivity index (χ2v) is 5.49. The number of halogens is 1. The van der Waals surface area contributed by atoms with Gasteiger partial charge in [-0.2, -0.15) is 0 Å². The van der Waals surface area contributed by atoms with E-state index in [1.807, 2.05) is 67.6 Å². The normalized spacial score (nSPS) is 13.2. The molecule has 0 amide bonds. The zero-order chi connectivity index (χ0) is 15.8. The van der Waals surface area contributed by atoms with E-state index in [2.05, 4.69) is 0 Å². The lowest BCUT2D eigenvalue weighted by Gasteiger charge is -2.22. The van der Waals surface area contributed by atoms with Crippen LogP contribution in [-0.2, 0) is 0 Å². The summed E-state index contributed by atoms with van der Waals surface area (Å²) in [4.78, 5) is 4.81. The molecule has 2 aromatic rings. The number of nitrogens with one attached hydrogen (secondary N) is 1. The van der Waals surface area contributed by atoms with Crippen molar-refractivity contribution >= 4 is 11.9 Å². The van der Waals surface area contributed by atoms with Crippen molar-refractivity contribution in [3.05, 3.63) is 71.8 Å². The molecule has 0 aliphatic carbocycles. The van der Waals surface area contributed by atoms with E-state index in [1.165, 1.54) is 6.21 Å². The summed E-state index contributed by atoms with van der Waals surface area (Å²) in [6.45, 7) is 1.49. The average Bonchev–Trinajstić information content (AvgIpc) is 2.59. The van der Waals surface area contributed by atoms with Gasteiger partial charge in [-0.15, -0.1) is 0 Å². The third-order valence-corrected chi connectivity index (χ3v) is 3.59. The molecule has 2 nitrogen and oxygen atoms in total. The van der Waals surface area contributed by atoms with E-state index in [-0.39, 0.29) is 6.67 Å². The summed E-state index contributed by atoms with van der Waals surface area (Å²) in [5.74, 6) is 0. The summed E-state index contributed by atoms with van der Waals surface area (Å²) in [6, 6.07) is 19.8. The lowest BCUT2D eigenvalue weighted by atomic mass is 9.95. The van der Waals surface area contributed by atoms with Gasteiger partial charge in [-0.05, 0) is 19.8 Å². The maximum absolute atomic E-state index is 12.5. The summed E-state index contributed by atoms with van der Waals surface area (Å²) in [7, 11) is 0. The Kier molecular flexibility index (Phi) is 5.59. The van der Waals surface area contributed by atoms with E-state index in [9.17, 15) is 4.39 Å². The molecule has 0 saturated carbocycles. The Hall–Kier alpha value is -2.29. The monoisotopic (exact) mass is 296 g/mol. The number of hydrogen-bond acceptors (Lipinski definition) is 2. The zero-order valence-electron chi connectivity index (χ0n) is 12.8. The van der Waals surface area contributed by atoms with E-state index >= 15 is 0 Å². The number of hydrogen-bond donors (Lipinski definition) is 1. The standard InChI is InChI=1S/C19H21FN2/c1-19(15-21,13-8-14-20)22-18(16-9-4-2-5-10-16)17-11-6-3-7-12-17/h2-7,9-12,15,21H,8,13-14H2,1H3. The molecule has 1 N–H and O–H groups in total. The second kappa shape index (κ2) is 7.64. The van der Waals surface area contributed by atoms with Gasteiger partial charge >= 0.3 is 0 Å². The molecule has 3 heteroatoms. The second-order valence-electron chi connectivity index (χ2n) is 5.49. The average molecular weight is 296 g/mol. The molecule has 0 aliphatic heterocycles. The Labute approximate surface area is 131 Å². The minimum Gasteiger partial charge on any atom is -0.311 e. The van der Waals surface area contributed by atoms with E-state index in [4.69, 9.17) is 10.4 Å². The summed E-state index contributed by atoms with van der Waals surface area (Å²) >= 11 is 0. The van der Waals surface area contributed by atoms with Gasteiger partial charge in [-0.3, -0.25) is 9.38 Å². The van der Waals surface area contributed by atoms with Gasteiger partial charge in [0.1, 0.15) is 0 Å². The fraction of sp³-hybridized carbons (Fsp3) is 0.263. The highest BCUT2D eigenvalue weighted by molar-refractivity contribution is 6.13. The third kappa shape index (κ3) is 4.10. The van der Waals surface area contributed by atoms with Gasteiger partial charge in [0, 0.05) is 17.3 Å². The number of aliphatic imine (C=N–C) groups is 1. The largest absolute Gasteiger partial charge is 0.311 e. The topological polar surface area (TPSA) is 36.2 Å². The highest BCUT2D eigenvalue weighted by Crippen LogP contribution is 2.20. The maximum atomic E-state index is 12.5. The molecule has 0 fully saturated rings.